The molecule has 0 saturated carbocycles. The molecule has 1 aromatic heterocycles. The van der Waals surface area contributed by atoms with Crippen LogP contribution in [0.25, 0.3) is 22.0 Å². The van der Waals surface area contributed by atoms with Crippen molar-refractivity contribution in [3.05, 3.63) is 65.0 Å². The SMILES string of the molecule is O=c1[nH]c(-c2ccc3ccccc3c2)ccc1S(=O)[O-].[Na+]. The Hall–Kier alpha value is -1.24. The van der Waals surface area contributed by atoms with E-state index in [0.717, 1.165) is 16.3 Å². The van der Waals surface area contributed by atoms with Crippen molar-refractivity contribution in [1.29, 1.82) is 0 Å². The van der Waals surface area contributed by atoms with E-state index >= 15 is 0 Å². The van der Waals surface area contributed by atoms with Crippen molar-refractivity contribution >= 4 is 21.9 Å². The van der Waals surface area contributed by atoms with Crippen LogP contribution >= 0.6 is 0 Å². The topological polar surface area (TPSA) is 73.0 Å². The maximum absolute atomic E-state index is 11.7. The second-order valence-electron chi connectivity index (χ2n) is 4.36. The van der Waals surface area contributed by atoms with E-state index in [-0.39, 0.29) is 34.5 Å². The number of nitrogens with one attached hydrogen (secondary N) is 1. The zero-order valence-corrected chi connectivity index (χ0v) is 14.1. The van der Waals surface area contributed by atoms with Crippen molar-refractivity contribution in [2.24, 2.45) is 0 Å². The van der Waals surface area contributed by atoms with Gasteiger partial charge in [0.05, 0.1) is 4.90 Å². The zero-order chi connectivity index (χ0) is 14.1. The van der Waals surface area contributed by atoms with E-state index in [1.54, 1.807) is 6.07 Å². The normalized spacial score (nSPS) is 11.9. The number of hydrogen-bond acceptors (Lipinski definition) is 3. The molecule has 0 aliphatic rings. The van der Waals surface area contributed by atoms with Gasteiger partial charge in [0.15, 0.2) is 0 Å². The van der Waals surface area contributed by atoms with Crippen molar-refractivity contribution in [2.75, 3.05) is 0 Å². The largest absolute Gasteiger partial charge is 1.00 e. The van der Waals surface area contributed by atoms with Gasteiger partial charge in [-0.25, -0.2) is 0 Å². The van der Waals surface area contributed by atoms with Gasteiger partial charge in [-0.2, -0.15) is 0 Å². The molecule has 0 aliphatic carbocycles. The number of H-pyrrole nitrogens is 1. The third kappa shape index (κ3) is 3.33. The number of fused-ring (bicyclic) bond motifs is 1. The molecule has 1 atom stereocenters. The molecule has 4 nitrogen and oxygen atoms in total. The summed E-state index contributed by atoms with van der Waals surface area (Å²) in [5.41, 5.74) is 0.822. The van der Waals surface area contributed by atoms with Gasteiger partial charge >= 0.3 is 29.6 Å². The van der Waals surface area contributed by atoms with Crippen LogP contribution in [0.4, 0.5) is 0 Å². The van der Waals surface area contributed by atoms with Crippen molar-refractivity contribution in [1.82, 2.24) is 4.98 Å². The zero-order valence-electron chi connectivity index (χ0n) is 11.3. The van der Waals surface area contributed by atoms with Gasteiger partial charge in [0, 0.05) is 5.69 Å². The Morgan fingerprint density at radius 2 is 1.67 bits per heavy atom. The van der Waals surface area contributed by atoms with Crippen LogP contribution in [0, 0.1) is 0 Å². The van der Waals surface area contributed by atoms with Crippen molar-refractivity contribution in [2.45, 2.75) is 4.90 Å². The van der Waals surface area contributed by atoms with E-state index in [1.165, 1.54) is 6.07 Å². The molecule has 6 heteroatoms. The first-order chi connectivity index (χ1) is 9.65. The van der Waals surface area contributed by atoms with E-state index < -0.39 is 16.6 Å². The maximum Gasteiger partial charge on any atom is 1.00 e. The number of benzene rings is 2. The predicted octanol–water partition coefficient (Wildman–Crippen LogP) is -0.563. The fraction of sp³-hybridized carbons (Fsp3) is 0. The summed E-state index contributed by atoms with van der Waals surface area (Å²) in [6.45, 7) is 0. The van der Waals surface area contributed by atoms with Crippen LogP contribution in [0.3, 0.4) is 0 Å². The fourth-order valence-electron chi connectivity index (χ4n) is 2.12. The van der Waals surface area contributed by atoms with E-state index in [4.69, 9.17) is 0 Å². The van der Waals surface area contributed by atoms with Gasteiger partial charge in [-0.05, 0) is 45.6 Å². The Balaban J connectivity index is 0.00000161. The minimum atomic E-state index is -2.52. The van der Waals surface area contributed by atoms with E-state index in [1.807, 2.05) is 42.5 Å². The van der Waals surface area contributed by atoms with E-state index in [2.05, 4.69) is 4.98 Å². The summed E-state index contributed by atoms with van der Waals surface area (Å²) < 4.78 is 21.6. The monoisotopic (exact) mass is 307 g/mol. The van der Waals surface area contributed by atoms with Gasteiger partial charge in [0.2, 0.25) is 0 Å². The Bertz CT molecular complexity index is 876. The van der Waals surface area contributed by atoms with Crippen LogP contribution in [0.1, 0.15) is 0 Å². The third-order valence-electron chi connectivity index (χ3n) is 3.11. The molecule has 3 rings (SSSR count). The summed E-state index contributed by atoms with van der Waals surface area (Å²) in [4.78, 5) is 14.0. The average molecular weight is 307 g/mol. The average Bonchev–Trinajstić information content (AvgIpc) is 2.46. The minimum Gasteiger partial charge on any atom is -0.768 e. The fourth-order valence-corrected chi connectivity index (χ4v) is 2.50. The van der Waals surface area contributed by atoms with Crippen LogP contribution in [0.2, 0.25) is 0 Å². The molecule has 3 aromatic rings. The quantitative estimate of drug-likeness (QED) is 0.509. The molecule has 0 fully saturated rings. The van der Waals surface area contributed by atoms with Crippen LogP contribution in [-0.4, -0.2) is 13.7 Å². The minimum absolute atomic E-state index is 0. The molecule has 0 radical (unpaired) electrons. The Morgan fingerprint density at radius 3 is 2.33 bits per heavy atom. The standard InChI is InChI=1S/C15H11NO3S.Na/c17-15-14(20(18)19)8-7-13(16-15)12-6-5-10-3-1-2-4-11(10)9-12;/h1-9H,(H,16,17)(H,18,19);/q;+1/p-1. The van der Waals surface area contributed by atoms with Gasteiger partial charge in [-0.1, -0.05) is 36.4 Å². The molecule has 0 aliphatic heterocycles. The summed E-state index contributed by atoms with van der Waals surface area (Å²) in [6.07, 6.45) is 0. The Labute approximate surface area is 145 Å². The molecule has 0 saturated heterocycles. The molecule has 0 amide bonds. The summed E-state index contributed by atoms with van der Waals surface area (Å²) in [6, 6.07) is 16.6. The molecule has 0 spiro atoms. The first-order valence-corrected chi connectivity index (χ1v) is 7.04. The summed E-state index contributed by atoms with van der Waals surface area (Å²) in [7, 11) is 0. The predicted molar refractivity (Wildman–Crippen MR) is 77.2 cm³/mol. The Kier molecular flexibility index (Phi) is 5.13. The van der Waals surface area contributed by atoms with E-state index in [0.29, 0.717) is 5.69 Å². The van der Waals surface area contributed by atoms with Crippen molar-refractivity contribution in [3.63, 3.8) is 0 Å². The van der Waals surface area contributed by atoms with Crippen molar-refractivity contribution < 1.29 is 38.3 Å². The number of pyridine rings is 1. The van der Waals surface area contributed by atoms with Gasteiger partial charge in [-0.15, -0.1) is 0 Å². The molecule has 1 heterocycles. The first kappa shape index (κ1) is 16.1. The van der Waals surface area contributed by atoms with Gasteiger partial charge in [-0.3, -0.25) is 9.00 Å². The molecule has 2 aromatic carbocycles. The Morgan fingerprint density at radius 1 is 0.952 bits per heavy atom. The van der Waals surface area contributed by atoms with Crippen molar-refractivity contribution in [3.8, 4) is 11.3 Å². The molecule has 100 valence electrons. The summed E-state index contributed by atoms with van der Waals surface area (Å²) in [5.74, 6) is 0. The van der Waals surface area contributed by atoms with Gasteiger partial charge < -0.3 is 9.54 Å². The third-order valence-corrected chi connectivity index (χ3v) is 3.79. The van der Waals surface area contributed by atoms with Crippen LogP contribution < -0.4 is 35.1 Å². The second-order valence-corrected chi connectivity index (χ2v) is 5.27. The number of hydrogen-bond donors (Lipinski definition) is 1. The maximum atomic E-state index is 11.7. The second kappa shape index (κ2) is 6.68. The molecular formula is C15H10NNaO3S. The first-order valence-electron chi connectivity index (χ1n) is 5.97. The number of aromatic nitrogens is 1. The molecule has 1 N–H and O–H groups in total. The van der Waals surface area contributed by atoms with Crippen LogP contribution in [0.15, 0.2) is 64.3 Å². The molecule has 21 heavy (non-hydrogen) atoms. The van der Waals surface area contributed by atoms with Crippen LogP contribution in [0.5, 0.6) is 0 Å². The number of rotatable bonds is 2. The smallest absolute Gasteiger partial charge is 0.768 e. The summed E-state index contributed by atoms with van der Waals surface area (Å²) in [5, 5.41) is 2.17. The summed E-state index contributed by atoms with van der Waals surface area (Å²) >= 11 is -2.52. The van der Waals surface area contributed by atoms with Gasteiger partial charge in [0.1, 0.15) is 0 Å². The van der Waals surface area contributed by atoms with Gasteiger partial charge in [0.25, 0.3) is 5.56 Å². The molecular weight excluding hydrogens is 297 g/mol. The molecule has 1 unspecified atom stereocenters. The molecule has 0 bridgehead atoms. The van der Waals surface area contributed by atoms with Crippen LogP contribution in [-0.2, 0) is 11.1 Å². The number of aromatic amines is 1. The van der Waals surface area contributed by atoms with E-state index in [9.17, 15) is 13.6 Å².